The molecular formula is C37H39F6N9O2S. The molecule has 0 bridgehead atoms. The topological polar surface area (TPSA) is 138 Å². The zero-order chi connectivity index (χ0) is 39.6. The number of nitrogens with one attached hydrogen (secondary N) is 1. The maximum Gasteiger partial charge on any atom is 0.417 e. The minimum Gasteiger partial charge on any atom is -0.467 e. The molecule has 0 saturated carbocycles. The van der Waals surface area contributed by atoms with Gasteiger partial charge in [0, 0.05) is 61.8 Å². The predicted octanol–water partition coefficient (Wildman–Crippen LogP) is 7.55. The first-order valence-corrected chi connectivity index (χ1v) is 18.5. The van der Waals surface area contributed by atoms with Crippen LogP contribution in [0.15, 0.2) is 30.5 Å². The highest BCUT2D eigenvalue weighted by Crippen LogP contribution is 2.47. The summed E-state index contributed by atoms with van der Waals surface area (Å²) in [6.45, 7) is 5.62. The summed E-state index contributed by atoms with van der Waals surface area (Å²) in [6, 6.07) is 6.51. The van der Waals surface area contributed by atoms with E-state index in [1.807, 2.05) is 4.90 Å². The highest BCUT2D eigenvalue weighted by atomic mass is 32.1. The van der Waals surface area contributed by atoms with Crippen LogP contribution in [0.2, 0.25) is 0 Å². The second-order valence-corrected chi connectivity index (χ2v) is 14.4. The Morgan fingerprint density at radius 1 is 1.15 bits per heavy atom. The molecule has 3 saturated heterocycles. The van der Waals surface area contributed by atoms with Crippen molar-refractivity contribution in [3.05, 3.63) is 58.9 Å². The molecule has 11 nitrogen and oxygen atoms in total. The van der Waals surface area contributed by atoms with Crippen LogP contribution in [0.3, 0.4) is 0 Å². The number of nitriles is 1. The van der Waals surface area contributed by atoms with Crippen LogP contribution in [0, 0.1) is 23.0 Å². The minimum absolute atomic E-state index is 0.0444. The molecule has 6 heterocycles. The van der Waals surface area contributed by atoms with E-state index in [0.29, 0.717) is 29.6 Å². The second kappa shape index (κ2) is 16.3. The van der Waals surface area contributed by atoms with Gasteiger partial charge < -0.3 is 20.7 Å². The molecule has 0 radical (unpaired) electrons. The lowest BCUT2D eigenvalue weighted by molar-refractivity contribution is -0.137. The lowest BCUT2D eigenvalue weighted by atomic mass is 9.92. The number of alkyl halides is 4. The Labute approximate surface area is 316 Å². The first-order chi connectivity index (χ1) is 26.3. The van der Waals surface area contributed by atoms with Gasteiger partial charge in [-0.2, -0.15) is 33.5 Å². The third kappa shape index (κ3) is 7.99. The zero-order valence-electron chi connectivity index (χ0n) is 30.3. The van der Waals surface area contributed by atoms with Gasteiger partial charge in [0.15, 0.2) is 5.82 Å². The first kappa shape index (κ1) is 39.5. The number of hydrogen-bond donors (Lipinski definition) is 2. The maximum absolute atomic E-state index is 15.9. The van der Waals surface area contributed by atoms with Crippen molar-refractivity contribution in [3.63, 3.8) is 0 Å². The largest absolute Gasteiger partial charge is 0.467 e. The van der Waals surface area contributed by atoms with E-state index in [1.54, 1.807) is 37.0 Å². The molecule has 2 aromatic carbocycles. The molecule has 5 aromatic rings. The number of likely N-dealkylation sites (tertiary alicyclic amines) is 1. The summed E-state index contributed by atoms with van der Waals surface area (Å²) in [5.74, 6) is -2.05. The number of carbonyl (C=O) groups is 1. The number of thiophene rings is 1. The van der Waals surface area contributed by atoms with Gasteiger partial charge in [0.25, 0.3) is 5.91 Å². The van der Waals surface area contributed by atoms with Crippen molar-refractivity contribution in [2.75, 3.05) is 50.9 Å². The standard InChI is InChI=1S/C21H14F5N5OS.C9H13N3O.C7H12FN/c1-3-29-19-9-6-11(21(24,25)26)14(15(23)16(9)30-20(31-19)32-2)8-4-5-12(22)17-13(8)10(7-27)18(28)33-17;1-11-8(4-5-10-11)9(13)12-6-2-3-7-12;8-6-4-7-2-1-3-9(7)5-6/h4-6H,3,28H2,1-2H3,(H,29,30,31);4-5H,2-3,6-7H2,1H3;6-7H,1-5H2. The first-order valence-electron chi connectivity index (χ1n) is 17.7. The molecule has 0 spiro atoms. The highest BCUT2D eigenvalue weighted by molar-refractivity contribution is 7.23. The molecule has 3 aromatic heterocycles. The van der Waals surface area contributed by atoms with Crippen molar-refractivity contribution in [2.45, 2.75) is 57.4 Å². The summed E-state index contributed by atoms with van der Waals surface area (Å²) < 4.78 is 91.8. The van der Waals surface area contributed by atoms with E-state index < -0.39 is 40.6 Å². The van der Waals surface area contributed by atoms with Crippen molar-refractivity contribution in [2.24, 2.45) is 7.05 Å². The summed E-state index contributed by atoms with van der Waals surface area (Å²) in [5.41, 5.74) is 3.27. The molecule has 3 aliphatic rings. The molecule has 292 valence electrons. The number of amides is 1. The van der Waals surface area contributed by atoms with E-state index in [-0.39, 0.29) is 55.9 Å². The van der Waals surface area contributed by atoms with Crippen LogP contribution < -0.4 is 15.8 Å². The fourth-order valence-corrected chi connectivity index (χ4v) is 8.24. The van der Waals surface area contributed by atoms with Crippen LogP contribution >= 0.6 is 11.3 Å². The van der Waals surface area contributed by atoms with E-state index >= 15 is 4.39 Å². The molecule has 3 aliphatic heterocycles. The normalized spacial score (nSPS) is 18.1. The van der Waals surface area contributed by atoms with Crippen LogP contribution in [0.5, 0.6) is 6.01 Å². The predicted molar refractivity (Wildman–Crippen MR) is 198 cm³/mol. The quantitative estimate of drug-likeness (QED) is 0.173. The summed E-state index contributed by atoms with van der Waals surface area (Å²) >= 11 is 0.698. The summed E-state index contributed by atoms with van der Waals surface area (Å²) in [4.78, 5) is 23.9. The molecule has 2 atom stereocenters. The Hall–Kier alpha value is -5.15. The molecular weight excluding hydrogens is 749 g/mol. The van der Waals surface area contributed by atoms with E-state index in [4.69, 9.17) is 10.5 Å². The van der Waals surface area contributed by atoms with E-state index in [9.17, 15) is 32.0 Å². The van der Waals surface area contributed by atoms with E-state index in [0.717, 1.165) is 57.1 Å². The number of methoxy groups -OCH3 is 1. The number of nitrogens with two attached hydrogens (primary N) is 1. The average molecular weight is 788 g/mol. The average Bonchev–Trinajstić information content (AvgIpc) is 3.99. The van der Waals surface area contributed by atoms with Gasteiger partial charge in [-0.15, -0.1) is 11.3 Å². The second-order valence-electron chi connectivity index (χ2n) is 13.3. The molecule has 2 unspecified atom stereocenters. The number of nitrogens with zero attached hydrogens (tertiary/aromatic N) is 7. The number of anilines is 2. The molecule has 8 rings (SSSR count). The van der Waals surface area contributed by atoms with Crippen molar-refractivity contribution in [3.8, 4) is 23.2 Å². The molecule has 0 aliphatic carbocycles. The van der Waals surface area contributed by atoms with Gasteiger partial charge in [0.05, 0.1) is 22.9 Å². The summed E-state index contributed by atoms with van der Waals surface area (Å²) in [7, 11) is 3.03. The number of fused-ring (bicyclic) bond motifs is 3. The zero-order valence-corrected chi connectivity index (χ0v) is 31.1. The Bertz CT molecular complexity index is 2230. The summed E-state index contributed by atoms with van der Waals surface area (Å²) in [5, 5.41) is 15.7. The minimum atomic E-state index is -5.00. The Morgan fingerprint density at radius 3 is 2.51 bits per heavy atom. The highest BCUT2D eigenvalue weighted by Gasteiger charge is 2.38. The Kier molecular flexibility index (Phi) is 11.7. The maximum atomic E-state index is 15.9. The number of rotatable bonds is 5. The lowest BCUT2D eigenvalue weighted by Crippen LogP contribution is -2.29. The number of benzene rings is 2. The van der Waals surface area contributed by atoms with E-state index in [1.165, 1.54) is 20.0 Å². The SMILES string of the molecule is CCNc1nc(OC)nc2c(F)c(-c3ccc(F)c4sc(N)c(C#N)c34)c(C(F)(F)F)cc12.Cn1nccc1C(=O)N1CCCC1.FC1CC2CCCN2C1. The number of aromatic nitrogens is 4. The number of carbonyl (C=O) groups excluding carboxylic acids is 1. The van der Waals surface area contributed by atoms with Crippen molar-refractivity contribution < 1.29 is 35.9 Å². The lowest BCUT2D eigenvalue weighted by Gasteiger charge is -2.18. The number of halogens is 6. The van der Waals surface area contributed by atoms with Gasteiger partial charge in [0.1, 0.15) is 40.1 Å². The van der Waals surface area contributed by atoms with Crippen molar-refractivity contribution >= 4 is 49.1 Å². The van der Waals surface area contributed by atoms with Crippen LogP contribution in [-0.2, 0) is 13.2 Å². The van der Waals surface area contributed by atoms with Crippen LogP contribution in [0.4, 0.5) is 37.2 Å². The molecule has 1 amide bonds. The molecule has 3 fully saturated rings. The van der Waals surface area contributed by atoms with Crippen LogP contribution in [0.25, 0.3) is 32.1 Å². The van der Waals surface area contributed by atoms with Gasteiger partial charge in [0.2, 0.25) is 0 Å². The molecule has 3 N–H and O–H groups in total. The van der Waals surface area contributed by atoms with Gasteiger partial charge in [-0.3, -0.25) is 14.4 Å². The molecule has 55 heavy (non-hydrogen) atoms. The van der Waals surface area contributed by atoms with Gasteiger partial charge in [-0.05, 0) is 69.3 Å². The fraction of sp³-hybridized carbons (Fsp3) is 0.432. The third-order valence-corrected chi connectivity index (χ3v) is 10.9. The third-order valence-electron chi connectivity index (χ3n) is 9.83. The Morgan fingerprint density at radius 2 is 1.89 bits per heavy atom. The van der Waals surface area contributed by atoms with Crippen LogP contribution in [0.1, 0.15) is 60.6 Å². The molecule has 18 heteroatoms. The number of hydrogen-bond acceptors (Lipinski definition) is 10. The van der Waals surface area contributed by atoms with Crippen molar-refractivity contribution in [1.29, 1.82) is 5.26 Å². The van der Waals surface area contributed by atoms with Gasteiger partial charge in [-0.25, -0.2) is 13.2 Å². The van der Waals surface area contributed by atoms with Gasteiger partial charge >= 0.3 is 12.2 Å². The van der Waals surface area contributed by atoms with Crippen LogP contribution in [-0.4, -0.2) is 87.5 Å². The smallest absolute Gasteiger partial charge is 0.417 e. The van der Waals surface area contributed by atoms with E-state index in [2.05, 4.69) is 25.3 Å². The monoisotopic (exact) mass is 787 g/mol. The summed E-state index contributed by atoms with van der Waals surface area (Å²) in [6.07, 6.45) is 1.73. The number of aryl methyl sites for hydroxylation is 1. The number of ether oxygens (including phenoxy) is 1. The Balaban J connectivity index is 0.000000187. The fourth-order valence-electron chi connectivity index (χ4n) is 7.29. The number of nitrogen functional groups attached to an aromatic ring is 1. The van der Waals surface area contributed by atoms with Crippen molar-refractivity contribution in [1.82, 2.24) is 29.5 Å². The van der Waals surface area contributed by atoms with Gasteiger partial charge in [-0.1, -0.05) is 6.07 Å².